The van der Waals surface area contributed by atoms with Gasteiger partial charge in [0.1, 0.15) is 6.61 Å². The number of ether oxygens (including phenoxy) is 3. The van der Waals surface area contributed by atoms with Gasteiger partial charge in [0.2, 0.25) is 0 Å². The van der Waals surface area contributed by atoms with Crippen LogP contribution in [0.1, 0.15) is 37.9 Å². The number of rotatable bonds is 8. The first-order valence-electron chi connectivity index (χ1n) is 10.0. The van der Waals surface area contributed by atoms with Gasteiger partial charge in [-0.25, -0.2) is 4.79 Å². The summed E-state index contributed by atoms with van der Waals surface area (Å²) < 4.78 is 17.1. The van der Waals surface area contributed by atoms with E-state index in [1.54, 1.807) is 19.9 Å². The van der Waals surface area contributed by atoms with Crippen LogP contribution in [0.4, 0.5) is 0 Å². The lowest BCUT2D eigenvalue weighted by Crippen LogP contribution is -2.45. The molecule has 0 saturated carbocycles. The molecule has 164 valence electrons. The Morgan fingerprint density at radius 3 is 2.55 bits per heavy atom. The second-order valence-corrected chi connectivity index (χ2v) is 7.64. The molecule has 2 N–H and O–H groups in total. The van der Waals surface area contributed by atoms with Crippen LogP contribution in [0.15, 0.2) is 53.7 Å². The molecular weight excluding hydrogens is 436 g/mol. The van der Waals surface area contributed by atoms with Crippen LogP contribution >= 0.6 is 23.8 Å². The second kappa shape index (κ2) is 10.5. The number of carbonyl (C=O) groups excluding carboxylic acids is 1. The lowest BCUT2D eigenvalue weighted by molar-refractivity contribution is -0.139. The van der Waals surface area contributed by atoms with Crippen LogP contribution in [-0.2, 0) is 16.1 Å². The quantitative estimate of drug-likeness (QED) is 0.438. The Kier molecular flexibility index (Phi) is 7.76. The van der Waals surface area contributed by atoms with Crippen LogP contribution in [0.25, 0.3) is 0 Å². The Labute approximate surface area is 192 Å². The van der Waals surface area contributed by atoms with Crippen LogP contribution < -0.4 is 20.1 Å². The van der Waals surface area contributed by atoms with Crippen LogP contribution in [0.3, 0.4) is 0 Å². The molecule has 8 heteroatoms. The molecule has 0 radical (unpaired) electrons. The molecule has 0 aromatic heterocycles. The molecule has 0 bridgehead atoms. The molecule has 0 aliphatic carbocycles. The Bertz CT molecular complexity index is 995. The van der Waals surface area contributed by atoms with Crippen molar-refractivity contribution in [2.24, 2.45) is 0 Å². The summed E-state index contributed by atoms with van der Waals surface area (Å²) in [5.41, 5.74) is 2.79. The van der Waals surface area contributed by atoms with Gasteiger partial charge >= 0.3 is 5.97 Å². The summed E-state index contributed by atoms with van der Waals surface area (Å²) in [4.78, 5) is 12.6. The number of allylic oxidation sites excluding steroid dienone is 1. The number of thiocarbonyl (C=S) groups is 1. The fourth-order valence-electron chi connectivity index (χ4n) is 3.31. The standard InChI is InChI=1S/C23H25ClN2O4S/c1-4-28-18-12-16(11-17(24)21(18)30-13-15-9-7-6-8-10-15)20-19(22(27)29-5-2)14(3)25-23(31)26-20/h6-12,20H,4-5,13H2,1-3H3,(H2,25,26,31)/t20-/m1/s1. The van der Waals surface area contributed by atoms with Crippen molar-refractivity contribution in [2.45, 2.75) is 33.4 Å². The fraction of sp³-hybridized carbons (Fsp3) is 0.304. The van der Waals surface area contributed by atoms with Crippen LogP contribution in [0, 0.1) is 0 Å². The summed E-state index contributed by atoms with van der Waals surface area (Å²) in [6, 6.07) is 12.8. The maximum absolute atomic E-state index is 12.6. The van der Waals surface area contributed by atoms with E-state index in [4.69, 9.17) is 38.0 Å². The normalized spacial score (nSPS) is 15.7. The van der Waals surface area contributed by atoms with E-state index in [0.29, 0.717) is 51.7 Å². The van der Waals surface area contributed by atoms with Gasteiger partial charge in [0, 0.05) is 5.70 Å². The zero-order chi connectivity index (χ0) is 22.4. The van der Waals surface area contributed by atoms with E-state index < -0.39 is 12.0 Å². The van der Waals surface area contributed by atoms with E-state index in [-0.39, 0.29) is 6.61 Å². The molecule has 2 aromatic carbocycles. The minimum Gasteiger partial charge on any atom is -0.490 e. The summed E-state index contributed by atoms with van der Waals surface area (Å²) in [6.45, 7) is 6.48. The Hall–Kier alpha value is -2.77. The zero-order valence-corrected chi connectivity index (χ0v) is 19.2. The molecule has 0 saturated heterocycles. The van der Waals surface area contributed by atoms with E-state index in [1.165, 1.54) is 0 Å². The van der Waals surface area contributed by atoms with Gasteiger partial charge in [0.25, 0.3) is 0 Å². The summed E-state index contributed by atoms with van der Waals surface area (Å²) >= 11 is 11.9. The second-order valence-electron chi connectivity index (χ2n) is 6.83. The lowest BCUT2D eigenvalue weighted by Gasteiger charge is -2.30. The average molecular weight is 461 g/mol. The van der Waals surface area contributed by atoms with Gasteiger partial charge in [-0.2, -0.15) is 0 Å². The number of hydrogen-bond acceptors (Lipinski definition) is 5. The first kappa shape index (κ1) is 22.9. The van der Waals surface area contributed by atoms with Crippen molar-refractivity contribution < 1.29 is 19.0 Å². The van der Waals surface area contributed by atoms with Crippen LogP contribution in [0.5, 0.6) is 11.5 Å². The molecule has 0 unspecified atom stereocenters. The topological polar surface area (TPSA) is 68.8 Å². The van der Waals surface area contributed by atoms with E-state index in [0.717, 1.165) is 5.56 Å². The number of benzene rings is 2. The molecule has 1 aliphatic heterocycles. The number of hydrogen-bond donors (Lipinski definition) is 2. The van der Waals surface area contributed by atoms with Crippen LogP contribution in [-0.4, -0.2) is 24.3 Å². The molecule has 2 aromatic rings. The third-order valence-corrected chi connectivity index (χ3v) is 5.16. The number of halogens is 1. The molecule has 6 nitrogen and oxygen atoms in total. The molecule has 31 heavy (non-hydrogen) atoms. The van der Waals surface area contributed by atoms with Crippen molar-refractivity contribution in [2.75, 3.05) is 13.2 Å². The highest BCUT2D eigenvalue weighted by Crippen LogP contribution is 2.40. The maximum Gasteiger partial charge on any atom is 0.338 e. The summed E-state index contributed by atoms with van der Waals surface area (Å²) in [5, 5.41) is 6.91. The van der Waals surface area contributed by atoms with Gasteiger partial charge in [-0.1, -0.05) is 41.9 Å². The van der Waals surface area contributed by atoms with Gasteiger partial charge in [-0.15, -0.1) is 0 Å². The van der Waals surface area contributed by atoms with Crippen LogP contribution in [0.2, 0.25) is 5.02 Å². The monoisotopic (exact) mass is 460 g/mol. The SMILES string of the molecule is CCOC(=O)C1=C(C)NC(=S)N[C@@H]1c1cc(Cl)c(OCc2ccccc2)c(OCC)c1. The van der Waals surface area contributed by atoms with Gasteiger partial charge in [0.15, 0.2) is 16.6 Å². The molecule has 1 heterocycles. The largest absolute Gasteiger partial charge is 0.490 e. The first-order valence-corrected chi connectivity index (χ1v) is 10.8. The summed E-state index contributed by atoms with van der Waals surface area (Å²) in [6.07, 6.45) is 0. The van der Waals surface area contributed by atoms with Crippen molar-refractivity contribution in [3.05, 3.63) is 69.9 Å². The van der Waals surface area contributed by atoms with Gasteiger partial charge < -0.3 is 24.8 Å². The zero-order valence-electron chi connectivity index (χ0n) is 17.7. The fourth-order valence-corrected chi connectivity index (χ4v) is 3.86. The molecule has 1 aliphatic rings. The minimum absolute atomic E-state index is 0.268. The summed E-state index contributed by atoms with van der Waals surface area (Å²) in [7, 11) is 0. The van der Waals surface area contributed by atoms with Crippen molar-refractivity contribution in [3.63, 3.8) is 0 Å². The Morgan fingerprint density at radius 1 is 1.13 bits per heavy atom. The third-order valence-electron chi connectivity index (χ3n) is 4.66. The van der Waals surface area contributed by atoms with Crippen molar-refractivity contribution in [3.8, 4) is 11.5 Å². The van der Waals surface area contributed by atoms with E-state index in [2.05, 4.69) is 10.6 Å². The van der Waals surface area contributed by atoms with Gasteiger partial charge in [-0.05, 0) is 56.2 Å². The lowest BCUT2D eigenvalue weighted by atomic mass is 9.95. The molecule has 1 atom stereocenters. The predicted molar refractivity (Wildman–Crippen MR) is 124 cm³/mol. The third kappa shape index (κ3) is 5.48. The molecule has 3 rings (SSSR count). The first-order chi connectivity index (χ1) is 14.9. The number of nitrogens with one attached hydrogen (secondary N) is 2. The van der Waals surface area contributed by atoms with Gasteiger partial charge in [-0.3, -0.25) is 0 Å². The average Bonchev–Trinajstić information content (AvgIpc) is 2.73. The highest BCUT2D eigenvalue weighted by atomic mass is 35.5. The van der Waals surface area contributed by atoms with Crippen molar-refractivity contribution in [1.29, 1.82) is 0 Å². The van der Waals surface area contributed by atoms with E-state index in [9.17, 15) is 4.79 Å². The van der Waals surface area contributed by atoms with Gasteiger partial charge in [0.05, 0.1) is 29.9 Å². The number of esters is 1. The van der Waals surface area contributed by atoms with E-state index in [1.807, 2.05) is 43.3 Å². The molecule has 0 amide bonds. The number of carbonyl (C=O) groups is 1. The highest BCUT2D eigenvalue weighted by molar-refractivity contribution is 7.80. The Balaban J connectivity index is 1.97. The van der Waals surface area contributed by atoms with Crippen molar-refractivity contribution in [1.82, 2.24) is 10.6 Å². The molecule has 0 fully saturated rings. The predicted octanol–water partition coefficient (Wildman–Crippen LogP) is 4.67. The summed E-state index contributed by atoms with van der Waals surface area (Å²) in [5.74, 6) is 0.519. The highest BCUT2D eigenvalue weighted by Gasteiger charge is 2.32. The van der Waals surface area contributed by atoms with Crippen molar-refractivity contribution >= 4 is 34.9 Å². The molecular formula is C23H25ClN2O4S. The van der Waals surface area contributed by atoms with E-state index >= 15 is 0 Å². The smallest absolute Gasteiger partial charge is 0.338 e. The Morgan fingerprint density at radius 2 is 1.87 bits per heavy atom. The maximum atomic E-state index is 12.6. The molecule has 0 spiro atoms. The minimum atomic E-state index is -0.535.